The summed E-state index contributed by atoms with van der Waals surface area (Å²) < 4.78 is 15.1. The zero-order valence-electron chi connectivity index (χ0n) is 24.6. The maximum absolute atomic E-state index is 14.0. The van der Waals surface area contributed by atoms with Gasteiger partial charge in [0.15, 0.2) is 11.5 Å². The molecule has 0 radical (unpaired) electrons. The number of hydrogen-bond acceptors (Lipinski definition) is 7. The number of quaternary nitrogens is 1. The van der Waals surface area contributed by atoms with Crippen molar-refractivity contribution in [1.29, 1.82) is 0 Å². The third kappa shape index (κ3) is 5.96. The highest BCUT2D eigenvalue weighted by Gasteiger charge is 2.31. The number of anilines is 2. The third-order valence-electron chi connectivity index (χ3n) is 7.83. The van der Waals surface area contributed by atoms with Crippen LogP contribution < -0.4 is 21.5 Å². The molecule has 3 N–H and O–H groups in total. The number of nitrogens with one attached hydrogen (secondary N) is 1. The number of likely N-dealkylation sites (N-methyl/N-ethyl adjacent to an activating group) is 1. The molecule has 44 heavy (non-hydrogen) atoms. The third-order valence-corrected chi connectivity index (χ3v) is 7.83. The lowest BCUT2D eigenvalue weighted by Gasteiger charge is -2.34. The fourth-order valence-corrected chi connectivity index (χ4v) is 5.37. The Labute approximate surface area is 254 Å². The summed E-state index contributed by atoms with van der Waals surface area (Å²) in [6.45, 7) is 2.22. The van der Waals surface area contributed by atoms with Crippen molar-refractivity contribution in [2.75, 3.05) is 44.9 Å². The zero-order valence-corrected chi connectivity index (χ0v) is 24.6. The number of carbonyl (C=O) groups excluding carboxylic acids is 1. The van der Waals surface area contributed by atoms with E-state index < -0.39 is 0 Å². The summed E-state index contributed by atoms with van der Waals surface area (Å²) in [5, 5.41) is 2.90. The van der Waals surface area contributed by atoms with Crippen LogP contribution in [-0.2, 0) is 9.53 Å². The first-order valence-corrected chi connectivity index (χ1v) is 14.4. The van der Waals surface area contributed by atoms with E-state index in [1.165, 1.54) is 15.5 Å². The Bertz CT molecular complexity index is 1870. The summed E-state index contributed by atoms with van der Waals surface area (Å²) >= 11 is 0. The van der Waals surface area contributed by atoms with Crippen LogP contribution in [0.2, 0.25) is 0 Å². The number of para-hydroxylation sites is 1. The molecule has 3 heterocycles. The van der Waals surface area contributed by atoms with Gasteiger partial charge in [-0.15, -0.1) is 0 Å². The number of amides is 1. The number of fused-ring (bicyclic) bond motifs is 1. The van der Waals surface area contributed by atoms with Crippen molar-refractivity contribution in [2.24, 2.45) is 0 Å². The van der Waals surface area contributed by atoms with Crippen molar-refractivity contribution >= 4 is 28.6 Å². The lowest BCUT2D eigenvalue weighted by atomic mass is 10.2. The molecule has 224 valence electrons. The van der Waals surface area contributed by atoms with Crippen LogP contribution in [0.4, 0.5) is 11.5 Å². The van der Waals surface area contributed by atoms with Gasteiger partial charge in [-0.25, -0.2) is 19.3 Å². The van der Waals surface area contributed by atoms with E-state index in [4.69, 9.17) is 15.2 Å². The highest BCUT2D eigenvalue weighted by Crippen LogP contribution is 2.27. The quantitative estimate of drug-likeness (QED) is 0.193. The maximum atomic E-state index is 14.0. The van der Waals surface area contributed by atoms with E-state index in [-0.39, 0.29) is 17.4 Å². The van der Waals surface area contributed by atoms with Crippen molar-refractivity contribution < 1.29 is 18.8 Å². The smallest absolute Gasteiger partial charge is 0.339 e. The molecular formula is C33H34N7O4+. The van der Waals surface area contributed by atoms with Gasteiger partial charge >= 0.3 is 5.69 Å². The van der Waals surface area contributed by atoms with Crippen LogP contribution in [0.5, 0.6) is 11.5 Å². The Morgan fingerprint density at radius 2 is 1.80 bits per heavy atom. The lowest BCUT2D eigenvalue weighted by molar-refractivity contribution is -0.907. The van der Waals surface area contributed by atoms with Crippen LogP contribution in [0.15, 0.2) is 102 Å². The van der Waals surface area contributed by atoms with Crippen molar-refractivity contribution in [1.82, 2.24) is 19.1 Å². The van der Waals surface area contributed by atoms with Crippen molar-refractivity contribution in [3.8, 4) is 22.9 Å². The molecule has 1 aliphatic rings. The molecule has 0 aliphatic carbocycles. The van der Waals surface area contributed by atoms with E-state index in [9.17, 15) is 9.59 Å². The number of hydrogen-bond donors (Lipinski definition) is 2. The Hall–Kier alpha value is -5.26. The summed E-state index contributed by atoms with van der Waals surface area (Å²) in [4.78, 5) is 35.3. The Balaban J connectivity index is 1.26. The van der Waals surface area contributed by atoms with Crippen molar-refractivity contribution in [3.63, 3.8) is 0 Å². The minimum absolute atomic E-state index is 0.163. The zero-order chi connectivity index (χ0) is 30.7. The summed E-state index contributed by atoms with van der Waals surface area (Å²) in [7, 11) is 4.28. The van der Waals surface area contributed by atoms with Crippen LogP contribution in [0.25, 0.3) is 22.5 Å². The molecular weight excluding hydrogens is 558 g/mol. The second-order valence-corrected chi connectivity index (χ2v) is 11.2. The minimum Gasteiger partial charge on any atom is -0.457 e. The molecule has 6 rings (SSSR count). The van der Waals surface area contributed by atoms with Gasteiger partial charge in [0.05, 0.1) is 45.2 Å². The summed E-state index contributed by atoms with van der Waals surface area (Å²) in [6, 6.07) is 24.0. The molecule has 0 saturated carbocycles. The molecule has 0 spiro atoms. The van der Waals surface area contributed by atoms with Gasteiger partial charge in [0, 0.05) is 18.2 Å². The number of rotatable bonds is 9. The molecule has 3 aromatic carbocycles. The monoisotopic (exact) mass is 592 g/mol. The van der Waals surface area contributed by atoms with Crippen molar-refractivity contribution in [2.45, 2.75) is 12.5 Å². The van der Waals surface area contributed by atoms with E-state index in [1.807, 2.05) is 36.4 Å². The SMILES string of the molecule is C[N+](C)(C/C=C/C(=O)Nc1cccc(-n2c(=O)n(-c3ccc(Oc4ccccc4)cc3)c3c(N)ncnc32)c1)C1CCOC1. The molecule has 1 aliphatic heterocycles. The second kappa shape index (κ2) is 12.2. The van der Waals surface area contributed by atoms with E-state index in [0.717, 1.165) is 24.1 Å². The van der Waals surface area contributed by atoms with Gasteiger partial charge in [-0.2, -0.15) is 0 Å². The lowest BCUT2D eigenvalue weighted by Crippen LogP contribution is -2.49. The molecule has 1 saturated heterocycles. The first-order valence-electron chi connectivity index (χ1n) is 14.4. The predicted molar refractivity (Wildman–Crippen MR) is 169 cm³/mol. The first-order chi connectivity index (χ1) is 21.3. The largest absolute Gasteiger partial charge is 0.457 e. The molecule has 1 fully saturated rings. The number of nitrogens with zero attached hydrogens (tertiary/aromatic N) is 5. The van der Waals surface area contributed by atoms with E-state index in [0.29, 0.717) is 52.3 Å². The number of carbonyl (C=O) groups is 1. The number of ether oxygens (including phenoxy) is 2. The normalized spacial score (nSPS) is 15.2. The minimum atomic E-state index is -0.386. The molecule has 0 bridgehead atoms. The molecule has 5 aromatic rings. The van der Waals surface area contributed by atoms with Crippen LogP contribution in [0.3, 0.4) is 0 Å². The summed E-state index contributed by atoms with van der Waals surface area (Å²) in [5.74, 6) is 1.23. The average molecular weight is 593 g/mol. The highest BCUT2D eigenvalue weighted by molar-refractivity contribution is 5.99. The number of nitrogen functional groups attached to an aromatic ring is 1. The molecule has 11 nitrogen and oxygen atoms in total. The van der Waals surface area contributed by atoms with E-state index >= 15 is 0 Å². The Morgan fingerprint density at radius 3 is 2.55 bits per heavy atom. The highest BCUT2D eigenvalue weighted by atomic mass is 16.5. The number of aromatic nitrogens is 4. The van der Waals surface area contributed by atoms with Crippen LogP contribution in [0.1, 0.15) is 6.42 Å². The standard InChI is InChI=1S/C33H33N7O4/c1-40(2,26-17-19-43-21-26)18-7-12-29(41)37-23-8-6-9-25(20-23)39-32-30(31(34)35-22-36-32)38(33(39)42)24-13-15-28(16-14-24)44-27-10-4-3-5-11-27/h3-16,20,22,26H,17-19,21H2,1-2H3,(H2-,34,35,36,37,41)/p+1/b12-7+. The van der Waals surface area contributed by atoms with E-state index in [1.54, 1.807) is 54.6 Å². The van der Waals surface area contributed by atoms with Crippen molar-refractivity contribution in [3.05, 3.63) is 108 Å². The van der Waals surface area contributed by atoms with Gasteiger partial charge in [0.2, 0.25) is 5.91 Å². The van der Waals surface area contributed by atoms with Gasteiger partial charge in [0.25, 0.3) is 0 Å². The Morgan fingerprint density at radius 1 is 1.02 bits per heavy atom. The maximum Gasteiger partial charge on any atom is 0.339 e. The summed E-state index contributed by atoms with van der Waals surface area (Å²) in [6.07, 6.45) is 5.76. The Kier molecular flexibility index (Phi) is 7.97. The van der Waals surface area contributed by atoms with Gasteiger partial charge in [-0.1, -0.05) is 24.3 Å². The molecule has 1 unspecified atom stereocenters. The number of benzene rings is 3. The van der Waals surface area contributed by atoms with Gasteiger partial charge in [-0.05, 0) is 60.7 Å². The molecule has 2 aromatic heterocycles. The van der Waals surface area contributed by atoms with Gasteiger partial charge in [-0.3, -0.25) is 9.36 Å². The van der Waals surface area contributed by atoms with Crippen LogP contribution in [0, 0.1) is 0 Å². The second-order valence-electron chi connectivity index (χ2n) is 11.2. The fourth-order valence-electron chi connectivity index (χ4n) is 5.37. The molecule has 1 atom stereocenters. The van der Waals surface area contributed by atoms with E-state index in [2.05, 4.69) is 29.4 Å². The molecule has 1 amide bonds. The number of imidazole rings is 1. The van der Waals surface area contributed by atoms with Gasteiger partial charge < -0.3 is 25.0 Å². The fraction of sp³-hybridized carbons (Fsp3) is 0.212. The van der Waals surface area contributed by atoms with Crippen LogP contribution in [-0.4, -0.2) is 69.4 Å². The number of nitrogens with two attached hydrogens (primary N) is 1. The van der Waals surface area contributed by atoms with Crippen LogP contribution >= 0.6 is 0 Å². The molecule has 11 heteroatoms. The summed E-state index contributed by atoms with van der Waals surface area (Å²) in [5.41, 5.74) is 8.23. The average Bonchev–Trinajstić information content (AvgIpc) is 3.66. The van der Waals surface area contributed by atoms with Gasteiger partial charge in [0.1, 0.15) is 29.4 Å². The topological polar surface area (TPSA) is 126 Å². The first kappa shape index (κ1) is 28.8. The predicted octanol–water partition coefficient (Wildman–Crippen LogP) is 4.31.